The summed E-state index contributed by atoms with van der Waals surface area (Å²) in [5.74, 6) is -0.301. The first kappa shape index (κ1) is 23.5. The van der Waals surface area contributed by atoms with Gasteiger partial charge in [-0.1, -0.05) is 45.5 Å². The molecule has 2 amide bonds. The number of nitrogens with zero attached hydrogens (tertiary/aromatic N) is 2. The van der Waals surface area contributed by atoms with Gasteiger partial charge in [0.25, 0.3) is 11.8 Å². The number of nitrogen functional groups attached to an aromatic ring is 1. The summed E-state index contributed by atoms with van der Waals surface area (Å²) >= 11 is 0. The van der Waals surface area contributed by atoms with E-state index in [9.17, 15) is 9.59 Å². The van der Waals surface area contributed by atoms with Gasteiger partial charge in [0.05, 0.1) is 29.7 Å². The van der Waals surface area contributed by atoms with Crippen LogP contribution in [0.3, 0.4) is 0 Å². The van der Waals surface area contributed by atoms with Crippen molar-refractivity contribution in [3.63, 3.8) is 0 Å². The Morgan fingerprint density at radius 3 is 2.35 bits per heavy atom. The molecule has 3 rings (SSSR count). The summed E-state index contributed by atoms with van der Waals surface area (Å²) in [4.78, 5) is 24.3. The van der Waals surface area contributed by atoms with E-state index in [4.69, 9.17) is 16.2 Å². The second-order valence-electron chi connectivity index (χ2n) is 7.13. The number of ether oxygens (including phenoxy) is 1. The molecule has 0 aliphatic rings. The summed E-state index contributed by atoms with van der Waals surface area (Å²) in [5, 5.41) is 7.34. The van der Waals surface area contributed by atoms with Crippen LogP contribution in [0.25, 0.3) is 5.69 Å². The number of hydrogen-bond acceptors (Lipinski definition) is 5. The summed E-state index contributed by atoms with van der Waals surface area (Å²) in [6.07, 6.45) is 0. The molecule has 0 bridgehead atoms. The van der Waals surface area contributed by atoms with Gasteiger partial charge in [0, 0.05) is 6.54 Å². The highest BCUT2D eigenvalue weighted by Gasteiger charge is 2.22. The quantitative estimate of drug-likeness (QED) is 0.538. The fraction of sp³-hybridized carbons (Fsp3) is 0.261. The van der Waals surface area contributed by atoms with Gasteiger partial charge in [-0.3, -0.25) is 9.59 Å². The van der Waals surface area contributed by atoms with Gasteiger partial charge < -0.3 is 21.5 Å². The van der Waals surface area contributed by atoms with Crippen LogP contribution in [0.5, 0.6) is 5.75 Å². The summed E-state index contributed by atoms with van der Waals surface area (Å²) in [5.41, 5.74) is 14.7. The van der Waals surface area contributed by atoms with Gasteiger partial charge in [0.1, 0.15) is 5.75 Å². The van der Waals surface area contributed by atoms with E-state index in [0.29, 0.717) is 34.9 Å². The molecular formula is C23H29N5O3. The van der Waals surface area contributed by atoms with Crippen LogP contribution in [-0.2, 0) is 6.54 Å². The number of amides is 2. The molecule has 0 saturated heterocycles. The first-order chi connectivity index (χ1) is 14.3. The molecule has 1 heterocycles. The minimum absolute atomic E-state index is 0. The van der Waals surface area contributed by atoms with Crippen molar-refractivity contribution in [2.24, 2.45) is 5.73 Å². The number of para-hydroxylation sites is 1. The van der Waals surface area contributed by atoms with Crippen molar-refractivity contribution >= 4 is 17.5 Å². The van der Waals surface area contributed by atoms with E-state index in [1.54, 1.807) is 36.4 Å². The molecule has 0 aliphatic heterocycles. The lowest BCUT2D eigenvalue weighted by Gasteiger charge is -2.10. The number of benzene rings is 2. The maximum absolute atomic E-state index is 12.4. The van der Waals surface area contributed by atoms with Crippen molar-refractivity contribution in [1.82, 2.24) is 15.1 Å². The van der Waals surface area contributed by atoms with Crippen LogP contribution in [0, 0.1) is 0 Å². The molecule has 3 aromatic rings. The van der Waals surface area contributed by atoms with Crippen LogP contribution >= 0.6 is 0 Å². The monoisotopic (exact) mass is 423 g/mol. The van der Waals surface area contributed by atoms with Crippen molar-refractivity contribution in [3.8, 4) is 11.4 Å². The van der Waals surface area contributed by atoms with Gasteiger partial charge >= 0.3 is 0 Å². The number of primary amides is 1. The topological polar surface area (TPSA) is 125 Å². The molecule has 0 atom stereocenters. The van der Waals surface area contributed by atoms with Crippen molar-refractivity contribution in [2.45, 2.75) is 33.7 Å². The summed E-state index contributed by atoms with van der Waals surface area (Å²) < 4.78 is 6.69. The van der Waals surface area contributed by atoms with Crippen molar-refractivity contribution < 1.29 is 14.3 Å². The lowest BCUT2D eigenvalue weighted by atomic mass is 10.1. The Bertz CT molecular complexity index is 1070. The third-order valence-corrected chi connectivity index (χ3v) is 4.72. The maximum Gasteiger partial charge on any atom is 0.269 e. The molecule has 0 unspecified atom stereocenters. The van der Waals surface area contributed by atoms with Gasteiger partial charge in [-0.05, 0) is 35.7 Å². The Balaban J connectivity index is 0.00000341. The Hall–Kier alpha value is -3.81. The van der Waals surface area contributed by atoms with Crippen LogP contribution in [0.1, 0.15) is 59.3 Å². The normalized spacial score (nSPS) is 10.5. The lowest BCUT2D eigenvalue weighted by Crippen LogP contribution is -2.23. The third-order valence-electron chi connectivity index (χ3n) is 4.72. The van der Waals surface area contributed by atoms with Crippen LogP contribution in [0.15, 0.2) is 48.5 Å². The van der Waals surface area contributed by atoms with E-state index in [1.165, 1.54) is 11.8 Å². The zero-order valence-corrected chi connectivity index (χ0v) is 17.2. The van der Waals surface area contributed by atoms with Crippen LogP contribution in [0.2, 0.25) is 0 Å². The number of anilines is 1. The zero-order valence-electron chi connectivity index (χ0n) is 17.2. The summed E-state index contributed by atoms with van der Waals surface area (Å²) in [6, 6.07) is 14.3. The number of hydrogen-bond donors (Lipinski definition) is 3. The molecule has 31 heavy (non-hydrogen) atoms. The van der Waals surface area contributed by atoms with E-state index in [2.05, 4.69) is 10.4 Å². The fourth-order valence-corrected chi connectivity index (χ4v) is 3.16. The van der Waals surface area contributed by atoms with E-state index in [1.807, 2.05) is 26.0 Å². The predicted octanol–water partition coefficient (Wildman–Crippen LogP) is 3.25. The third kappa shape index (κ3) is 4.85. The first-order valence-corrected chi connectivity index (χ1v) is 9.52. The molecule has 0 radical (unpaired) electrons. The molecule has 2 aromatic carbocycles. The molecule has 0 spiro atoms. The summed E-state index contributed by atoms with van der Waals surface area (Å²) in [7, 11) is 1.53. The number of rotatable bonds is 7. The molecule has 0 saturated carbocycles. The highest BCUT2D eigenvalue weighted by Crippen LogP contribution is 2.26. The first-order valence-electron chi connectivity index (χ1n) is 9.52. The number of methoxy groups -OCH3 is 1. The van der Waals surface area contributed by atoms with E-state index in [-0.39, 0.29) is 24.9 Å². The van der Waals surface area contributed by atoms with E-state index < -0.39 is 5.91 Å². The van der Waals surface area contributed by atoms with Crippen LogP contribution in [-0.4, -0.2) is 28.7 Å². The second-order valence-corrected chi connectivity index (χ2v) is 7.13. The Kier molecular flexibility index (Phi) is 7.42. The smallest absolute Gasteiger partial charge is 0.269 e. The molecule has 164 valence electrons. The molecule has 1 aromatic heterocycles. The number of nitrogens with two attached hydrogens (primary N) is 2. The van der Waals surface area contributed by atoms with Crippen LogP contribution < -0.4 is 21.5 Å². The van der Waals surface area contributed by atoms with Crippen LogP contribution in [0.4, 0.5) is 5.69 Å². The number of nitrogens with one attached hydrogen (secondary N) is 1. The number of carbonyl (C=O) groups is 2. The van der Waals surface area contributed by atoms with Gasteiger partial charge in [-0.25, -0.2) is 4.68 Å². The number of aromatic nitrogens is 2. The molecular weight excluding hydrogens is 394 g/mol. The summed E-state index contributed by atoms with van der Waals surface area (Å²) in [6.45, 7) is 4.22. The van der Waals surface area contributed by atoms with Gasteiger partial charge in [-0.15, -0.1) is 0 Å². The second kappa shape index (κ2) is 9.80. The maximum atomic E-state index is 12.4. The minimum atomic E-state index is -0.639. The highest BCUT2D eigenvalue weighted by molar-refractivity contribution is 5.97. The Labute approximate surface area is 182 Å². The molecule has 0 aliphatic carbocycles. The SMILES string of the molecule is C.COc1ccccc1C(=O)NCc1ccc(-n2nc(C(C)C)c(N)c2C(N)=O)cc1. The largest absolute Gasteiger partial charge is 0.496 e. The van der Waals surface area contributed by atoms with Gasteiger partial charge in [0.15, 0.2) is 5.69 Å². The zero-order chi connectivity index (χ0) is 21.8. The lowest BCUT2D eigenvalue weighted by molar-refractivity contribution is 0.0946. The Morgan fingerprint density at radius 2 is 1.77 bits per heavy atom. The Morgan fingerprint density at radius 1 is 1.13 bits per heavy atom. The molecule has 8 heteroatoms. The van der Waals surface area contributed by atoms with Crippen molar-refractivity contribution in [2.75, 3.05) is 12.8 Å². The molecule has 8 nitrogen and oxygen atoms in total. The fourth-order valence-electron chi connectivity index (χ4n) is 3.16. The van der Waals surface area contributed by atoms with Crippen molar-refractivity contribution in [1.29, 1.82) is 0 Å². The average molecular weight is 424 g/mol. The molecule has 0 fully saturated rings. The van der Waals surface area contributed by atoms with Gasteiger partial charge in [-0.2, -0.15) is 5.10 Å². The van der Waals surface area contributed by atoms with Crippen molar-refractivity contribution in [3.05, 3.63) is 71.0 Å². The average Bonchev–Trinajstić information content (AvgIpc) is 3.10. The minimum Gasteiger partial charge on any atom is -0.496 e. The van der Waals surface area contributed by atoms with E-state index in [0.717, 1.165) is 5.56 Å². The highest BCUT2D eigenvalue weighted by atomic mass is 16.5. The van der Waals surface area contributed by atoms with E-state index >= 15 is 0 Å². The standard InChI is InChI=1S/C22H25N5O3.CH4/c1-13(2)19-18(23)20(21(24)28)27(26-19)15-10-8-14(9-11-15)12-25-22(29)16-6-4-5-7-17(16)30-3;/h4-11,13H,12,23H2,1-3H3,(H2,24,28)(H,25,29);1H4. The number of carbonyl (C=O) groups excluding carboxylic acids is 2. The predicted molar refractivity (Wildman–Crippen MR) is 121 cm³/mol. The van der Waals surface area contributed by atoms with Gasteiger partial charge in [0.2, 0.25) is 0 Å². The molecule has 5 N–H and O–H groups in total.